The third-order valence-corrected chi connectivity index (χ3v) is 4.91. The molecule has 1 aliphatic heterocycles. The normalized spacial score (nSPS) is 17.8. The highest BCUT2D eigenvalue weighted by molar-refractivity contribution is 5.93. The van der Waals surface area contributed by atoms with Crippen molar-refractivity contribution in [2.75, 3.05) is 6.61 Å². The number of nitrogens with one attached hydrogen (secondary N) is 1. The predicted molar refractivity (Wildman–Crippen MR) is 118 cm³/mol. The maximum Gasteiger partial charge on any atom is 0.416 e. The van der Waals surface area contributed by atoms with Crippen molar-refractivity contribution in [1.29, 1.82) is 0 Å². The van der Waals surface area contributed by atoms with E-state index in [0.717, 1.165) is 11.1 Å². The van der Waals surface area contributed by atoms with Crippen molar-refractivity contribution in [3.05, 3.63) is 47.7 Å². The minimum absolute atomic E-state index is 0.195. The molecule has 7 nitrogen and oxygen atoms in total. The van der Waals surface area contributed by atoms with Crippen LogP contribution in [0.5, 0.6) is 0 Å². The average molecular weight is 431 g/mol. The molecule has 0 spiro atoms. The van der Waals surface area contributed by atoms with Crippen LogP contribution >= 0.6 is 0 Å². The van der Waals surface area contributed by atoms with Crippen LogP contribution in [0, 0.1) is 5.92 Å². The van der Waals surface area contributed by atoms with Crippen LogP contribution in [-0.2, 0) is 20.7 Å². The topological polar surface area (TPSA) is 84.9 Å². The maximum atomic E-state index is 12.7. The summed E-state index contributed by atoms with van der Waals surface area (Å²) < 4.78 is 10.3. The molecule has 7 heteroatoms. The van der Waals surface area contributed by atoms with Crippen LogP contribution < -0.4 is 5.32 Å². The Bertz CT molecular complexity index is 798. The number of benzene rings is 1. The van der Waals surface area contributed by atoms with Gasteiger partial charge in [-0.25, -0.2) is 14.5 Å². The first-order valence-corrected chi connectivity index (χ1v) is 10.7. The number of hydrogen-bond acceptors (Lipinski definition) is 5. The van der Waals surface area contributed by atoms with Crippen LogP contribution in [0.25, 0.3) is 0 Å². The van der Waals surface area contributed by atoms with Gasteiger partial charge in [0.25, 0.3) is 0 Å². The van der Waals surface area contributed by atoms with Crippen molar-refractivity contribution >= 4 is 18.1 Å². The Kier molecular flexibility index (Phi) is 8.65. The van der Waals surface area contributed by atoms with E-state index in [1.54, 1.807) is 0 Å². The molecule has 2 atom stereocenters. The second-order valence-electron chi connectivity index (χ2n) is 9.28. The molecule has 2 rings (SSSR count). The number of nitrogens with zero attached hydrogens (tertiary/aromatic N) is 1. The Morgan fingerprint density at radius 3 is 2.61 bits per heavy atom. The van der Waals surface area contributed by atoms with Crippen LogP contribution in [0.3, 0.4) is 0 Å². The monoisotopic (exact) mass is 430 g/mol. The molecular formula is C24H34N2O5. The van der Waals surface area contributed by atoms with Crippen LogP contribution in [0.1, 0.15) is 59.4 Å². The minimum Gasteiger partial charge on any atom is -0.447 e. The maximum absolute atomic E-state index is 12.7. The Balaban J connectivity index is 1.81. The largest absolute Gasteiger partial charge is 0.447 e. The van der Waals surface area contributed by atoms with Gasteiger partial charge in [-0.1, -0.05) is 37.3 Å². The highest BCUT2D eigenvalue weighted by Gasteiger charge is 2.37. The number of allylic oxidation sites excluding steroid dienone is 1. The summed E-state index contributed by atoms with van der Waals surface area (Å²) >= 11 is 0. The lowest BCUT2D eigenvalue weighted by molar-refractivity contribution is -0.129. The summed E-state index contributed by atoms with van der Waals surface area (Å²) in [5.41, 5.74) is 1.61. The number of carbonyl (C=O) groups is 3. The van der Waals surface area contributed by atoms with E-state index < -0.39 is 12.2 Å². The van der Waals surface area contributed by atoms with Gasteiger partial charge >= 0.3 is 12.2 Å². The van der Waals surface area contributed by atoms with Crippen LogP contribution in [0.2, 0.25) is 0 Å². The van der Waals surface area contributed by atoms with Crippen LogP contribution in [0.4, 0.5) is 9.59 Å². The number of carbonyl (C=O) groups excluding carboxylic acids is 3. The average Bonchev–Trinajstić information content (AvgIpc) is 3.04. The molecular weight excluding hydrogens is 396 g/mol. The summed E-state index contributed by atoms with van der Waals surface area (Å²) in [4.78, 5) is 37.8. The van der Waals surface area contributed by atoms with Gasteiger partial charge in [0.2, 0.25) is 5.91 Å². The molecule has 0 bridgehead atoms. The Hall–Kier alpha value is -2.83. The number of ether oxygens (including phenoxy) is 2. The lowest BCUT2D eigenvalue weighted by Gasteiger charge is -2.21. The number of amides is 3. The zero-order chi connectivity index (χ0) is 23.0. The summed E-state index contributed by atoms with van der Waals surface area (Å²) in [7, 11) is 0. The quantitative estimate of drug-likeness (QED) is 0.598. The summed E-state index contributed by atoms with van der Waals surface area (Å²) in [6.45, 7) is 9.78. The SMILES string of the molecule is C/C(=C/OC(=O)NC(C)(C)C)C[C@H](C)CCC(=O)N1C(=O)OC[C@@H]1Cc1ccccc1. The molecule has 0 saturated carbocycles. The Labute approximate surface area is 184 Å². The van der Waals surface area contributed by atoms with Crippen molar-refractivity contribution < 1.29 is 23.9 Å². The Morgan fingerprint density at radius 1 is 1.29 bits per heavy atom. The zero-order valence-electron chi connectivity index (χ0n) is 19.1. The lowest BCUT2D eigenvalue weighted by Crippen LogP contribution is -2.40. The lowest BCUT2D eigenvalue weighted by atomic mass is 9.97. The summed E-state index contributed by atoms with van der Waals surface area (Å²) in [5.74, 6) is -0.0154. The van der Waals surface area contributed by atoms with Gasteiger partial charge in [-0.3, -0.25) is 4.79 Å². The van der Waals surface area contributed by atoms with Gasteiger partial charge in [-0.2, -0.15) is 0 Å². The second kappa shape index (κ2) is 11.0. The van der Waals surface area contributed by atoms with Crippen LogP contribution in [-0.4, -0.2) is 41.2 Å². The van der Waals surface area contributed by atoms with Gasteiger partial charge < -0.3 is 14.8 Å². The first kappa shape index (κ1) is 24.4. The molecule has 3 amide bonds. The predicted octanol–water partition coefficient (Wildman–Crippen LogP) is 4.81. The minimum atomic E-state index is -0.562. The van der Waals surface area contributed by atoms with E-state index in [4.69, 9.17) is 9.47 Å². The first-order chi connectivity index (χ1) is 14.5. The van der Waals surface area contributed by atoms with E-state index in [9.17, 15) is 14.4 Å². The molecule has 0 unspecified atom stereocenters. The second-order valence-corrected chi connectivity index (χ2v) is 9.28. The van der Waals surface area contributed by atoms with Crippen molar-refractivity contribution in [2.24, 2.45) is 5.92 Å². The summed E-state index contributed by atoms with van der Waals surface area (Å²) in [5, 5.41) is 2.73. The van der Waals surface area contributed by atoms with E-state index in [1.165, 1.54) is 11.2 Å². The third kappa shape index (κ3) is 8.44. The highest BCUT2D eigenvalue weighted by Crippen LogP contribution is 2.22. The van der Waals surface area contributed by atoms with Gasteiger partial charge in [-0.15, -0.1) is 0 Å². The molecule has 1 aliphatic rings. The van der Waals surface area contributed by atoms with E-state index in [-0.39, 0.29) is 36.4 Å². The Morgan fingerprint density at radius 2 is 1.97 bits per heavy atom. The molecule has 170 valence electrons. The van der Waals surface area contributed by atoms with Crippen molar-refractivity contribution in [2.45, 2.75) is 71.9 Å². The van der Waals surface area contributed by atoms with E-state index in [2.05, 4.69) is 5.32 Å². The van der Waals surface area contributed by atoms with Gasteiger partial charge in [0.15, 0.2) is 0 Å². The molecule has 0 aliphatic carbocycles. The van der Waals surface area contributed by atoms with Gasteiger partial charge in [-0.05, 0) is 64.0 Å². The van der Waals surface area contributed by atoms with Crippen LogP contribution in [0.15, 0.2) is 42.2 Å². The molecule has 1 fully saturated rings. The fourth-order valence-electron chi connectivity index (χ4n) is 3.48. The van der Waals surface area contributed by atoms with Crippen molar-refractivity contribution in [3.8, 4) is 0 Å². The molecule has 1 aromatic rings. The number of imide groups is 1. The fraction of sp³-hybridized carbons (Fsp3) is 0.542. The molecule has 1 N–H and O–H groups in total. The summed E-state index contributed by atoms with van der Waals surface area (Å²) in [6.07, 6.45) is 2.56. The fourth-order valence-corrected chi connectivity index (χ4v) is 3.48. The number of alkyl carbamates (subject to hydrolysis) is 1. The standard InChI is InChI=1S/C24H34N2O5/c1-17(13-18(2)15-30-22(28)25-24(3,4)5)11-12-21(27)26-20(16-31-23(26)29)14-19-9-7-6-8-10-19/h6-10,15,17,20H,11-14,16H2,1-5H3,(H,25,28)/b18-15-/t17-,20+/m1/s1. The molecule has 0 radical (unpaired) electrons. The summed E-state index contributed by atoms with van der Waals surface area (Å²) in [6, 6.07) is 9.50. The van der Waals surface area contributed by atoms with E-state index >= 15 is 0 Å². The molecule has 1 saturated heterocycles. The van der Waals surface area contributed by atoms with Crippen molar-refractivity contribution in [3.63, 3.8) is 0 Å². The number of cyclic esters (lactones) is 1. The highest BCUT2D eigenvalue weighted by atomic mass is 16.6. The van der Waals surface area contributed by atoms with E-state index in [1.807, 2.05) is 65.0 Å². The number of rotatable bonds is 8. The van der Waals surface area contributed by atoms with Gasteiger partial charge in [0.1, 0.15) is 6.61 Å². The molecule has 0 aromatic heterocycles. The van der Waals surface area contributed by atoms with Gasteiger partial charge in [0.05, 0.1) is 12.3 Å². The zero-order valence-corrected chi connectivity index (χ0v) is 19.1. The first-order valence-electron chi connectivity index (χ1n) is 10.7. The molecule has 1 aromatic carbocycles. The van der Waals surface area contributed by atoms with E-state index in [0.29, 0.717) is 19.3 Å². The van der Waals surface area contributed by atoms with Crippen molar-refractivity contribution in [1.82, 2.24) is 10.2 Å². The smallest absolute Gasteiger partial charge is 0.416 e. The molecule has 1 heterocycles. The van der Waals surface area contributed by atoms with Gasteiger partial charge in [0, 0.05) is 12.0 Å². The number of hydrogen-bond donors (Lipinski definition) is 1. The molecule has 31 heavy (non-hydrogen) atoms. The third-order valence-electron chi connectivity index (χ3n) is 4.91.